The van der Waals surface area contributed by atoms with Crippen molar-refractivity contribution in [3.05, 3.63) is 48.5 Å². The average molecular weight is 492 g/mol. The molecule has 194 valence electrons. The van der Waals surface area contributed by atoms with Crippen molar-refractivity contribution in [3.8, 4) is 17.1 Å². The van der Waals surface area contributed by atoms with Crippen molar-refractivity contribution in [2.45, 2.75) is 83.3 Å². The number of hydrogen-bond donors (Lipinski definition) is 1. The van der Waals surface area contributed by atoms with Crippen LogP contribution >= 0.6 is 0 Å². The number of hydrogen-bond acceptors (Lipinski definition) is 4. The van der Waals surface area contributed by atoms with Crippen LogP contribution in [0.25, 0.3) is 22.4 Å². The minimum Gasteiger partial charge on any atom is -0.494 e. The molecule has 3 aromatic rings. The van der Waals surface area contributed by atoms with E-state index in [1.807, 2.05) is 13.0 Å². The fourth-order valence-corrected chi connectivity index (χ4v) is 5.04. The first-order valence-electron chi connectivity index (χ1n) is 13.7. The van der Waals surface area contributed by atoms with Crippen molar-refractivity contribution >= 4 is 16.9 Å². The van der Waals surface area contributed by atoms with Crippen LogP contribution in [0.4, 0.5) is 0 Å². The van der Waals surface area contributed by atoms with Crippen molar-refractivity contribution in [1.29, 1.82) is 0 Å². The van der Waals surface area contributed by atoms with Gasteiger partial charge in [-0.15, -0.1) is 0 Å². The van der Waals surface area contributed by atoms with Crippen molar-refractivity contribution in [2.24, 2.45) is 0 Å². The van der Waals surface area contributed by atoms with Crippen molar-refractivity contribution in [3.63, 3.8) is 0 Å². The van der Waals surface area contributed by atoms with Crippen LogP contribution in [0.5, 0.6) is 5.75 Å². The van der Waals surface area contributed by atoms with Gasteiger partial charge in [0.15, 0.2) is 0 Å². The predicted molar refractivity (Wildman–Crippen MR) is 145 cm³/mol. The number of carbonyl (C=O) groups excluding carboxylic acids is 1. The molecule has 0 saturated heterocycles. The maximum atomic E-state index is 12.0. The van der Waals surface area contributed by atoms with Gasteiger partial charge >= 0.3 is 0 Å². The summed E-state index contributed by atoms with van der Waals surface area (Å²) in [7, 11) is 1.69. The van der Waals surface area contributed by atoms with E-state index in [0.29, 0.717) is 25.6 Å². The third-order valence-corrected chi connectivity index (χ3v) is 7.23. The number of unbranched alkanes of at least 4 members (excludes halogenated alkanes) is 2. The monoisotopic (exact) mass is 491 g/mol. The fourth-order valence-electron chi connectivity index (χ4n) is 5.04. The van der Waals surface area contributed by atoms with Crippen LogP contribution in [0.15, 0.2) is 48.5 Å². The first-order valence-corrected chi connectivity index (χ1v) is 13.7. The van der Waals surface area contributed by atoms with Gasteiger partial charge in [0.25, 0.3) is 0 Å². The van der Waals surface area contributed by atoms with E-state index in [2.05, 4.69) is 52.3 Å². The predicted octanol–water partition coefficient (Wildman–Crippen LogP) is 6.69. The van der Waals surface area contributed by atoms with Gasteiger partial charge in [-0.2, -0.15) is 0 Å². The number of nitrogens with one attached hydrogen (secondary N) is 1. The number of benzene rings is 2. The number of methoxy groups -OCH3 is 1. The largest absolute Gasteiger partial charge is 0.494 e. The smallest absolute Gasteiger partial charge is 0.219 e. The van der Waals surface area contributed by atoms with Crippen molar-refractivity contribution in [1.82, 2.24) is 14.9 Å². The van der Waals surface area contributed by atoms with E-state index in [9.17, 15) is 4.79 Å². The van der Waals surface area contributed by atoms with Gasteiger partial charge < -0.3 is 19.4 Å². The summed E-state index contributed by atoms with van der Waals surface area (Å²) in [5.41, 5.74) is 3.36. The second kappa shape index (κ2) is 13.4. The lowest BCUT2D eigenvalue weighted by molar-refractivity contribution is -0.121. The molecule has 1 N–H and O–H groups in total. The van der Waals surface area contributed by atoms with E-state index < -0.39 is 0 Å². The SMILES string of the molecule is COC(C)CCNC(=O)CCCCCOc1ccc2nc(-c3ccccc3)n(C3CCCCC3)c2c1. The standard InChI is InChI=1S/C30H41N3O3/c1-23(35-2)19-20-31-29(34)16-10-5-11-21-36-26-17-18-27-28(22-26)33(25-14-8-4-9-15-25)30(32-27)24-12-6-3-7-13-24/h3,6-7,12-13,17-18,22-23,25H,4-5,8-11,14-16,19-21H2,1-2H3,(H,31,34). The first-order chi connectivity index (χ1) is 17.7. The zero-order valence-corrected chi connectivity index (χ0v) is 21.9. The van der Waals surface area contributed by atoms with E-state index >= 15 is 0 Å². The van der Waals surface area contributed by atoms with Gasteiger partial charge in [-0.05, 0) is 57.6 Å². The molecule has 0 bridgehead atoms. The van der Waals surface area contributed by atoms with Crippen LogP contribution in [0.2, 0.25) is 0 Å². The lowest BCUT2D eigenvalue weighted by Gasteiger charge is -2.25. The minimum absolute atomic E-state index is 0.120. The highest BCUT2D eigenvalue weighted by Crippen LogP contribution is 2.36. The second-order valence-corrected chi connectivity index (χ2v) is 9.96. The molecule has 1 saturated carbocycles. The van der Waals surface area contributed by atoms with Gasteiger partial charge in [-0.3, -0.25) is 4.79 Å². The number of fused-ring (bicyclic) bond motifs is 1. The molecule has 6 nitrogen and oxygen atoms in total. The number of imidazole rings is 1. The number of aromatic nitrogens is 2. The maximum absolute atomic E-state index is 12.0. The Hall–Kier alpha value is -2.86. The van der Waals surface area contributed by atoms with Gasteiger partial charge in [0.2, 0.25) is 5.91 Å². The van der Waals surface area contributed by atoms with Crippen molar-refractivity contribution in [2.75, 3.05) is 20.3 Å². The highest BCUT2D eigenvalue weighted by molar-refractivity contribution is 5.82. The number of rotatable bonds is 13. The van der Waals surface area contributed by atoms with Gasteiger partial charge in [-0.1, -0.05) is 49.6 Å². The van der Waals surface area contributed by atoms with E-state index in [4.69, 9.17) is 14.5 Å². The minimum atomic E-state index is 0.120. The zero-order valence-electron chi connectivity index (χ0n) is 21.9. The van der Waals surface area contributed by atoms with Gasteiger partial charge in [0.05, 0.1) is 23.7 Å². The summed E-state index contributed by atoms with van der Waals surface area (Å²) in [5, 5.41) is 2.97. The van der Waals surface area contributed by atoms with Crippen molar-refractivity contribution < 1.29 is 14.3 Å². The summed E-state index contributed by atoms with van der Waals surface area (Å²) >= 11 is 0. The fraction of sp³-hybridized carbons (Fsp3) is 0.533. The number of nitrogens with zero attached hydrogens (tertiary/aromatic N) is 2. The summed E-state index contributed by atoms with van der Waals surface area (Å²) in [6.45, 7) is 3.33. The summed E-state index contributed by atoms with van der Waals surface area (Å²) in [4.78, 5) is 17.0. The highest BCUT2D eigenvalue weighted by Gasteiger charge is 2.22. The zero-order chi connectivity index (χ0) is 25.2. The quantitative estimate of drug-likeness (QED) is 0.271. The molecule has 0 aliphatic heterocycles. The Morgan fingerprint density at radius 2 is 1.89 bits per heavy atom. The molecule has 2 aromatic carbocycles. The molecule has 1 amide bonds. The molecule has 6 heteroatoms. The Balaban J connectivity index is 1.32. The van der Waals surface area contributed by atoms with Crippen LogP contribution < -0.4 is 10.1 Å². The van der Waals surface area contributed by atoms with Gasteiger partial charge in [0, 0.05) is 37.7 Å². The topological polar surface area (TPSA) is 65.4 Å². The van der Waals surface area contributed by atoms with E-state index in [1.54, 1.807) is 7.11 Å². The molecule has 1 aliphatic rings. The molecule has 36 heavy (non-hydrogen) atoms. The second-order valence-electron chi connectivity index (χ2n) is 9.96. The van der Waals surface area contributed by atoms with Crippen LogP contribution in [0.1, 0.15) is 77.2 Å². The molecule has 0 radical (unpaired) electrons. The van der Waals surface area contributed by atoms with Crippen LogP contribution in [0, 0.1) is 0 Å². The molecule has 1 atom stereocenters. The molecule has 4 rings (SSSR count). The summed E-state index contributed by atoms with van der Waals surface area (Å²) < 4.78 is 13.8. The maximum Gasteiger partial charge on any atom is 0.219 e. The Morgan fingerprint density at radius 1 is 1.08 bits per heavy atom. The summed E-state index contributed by atoms with van der Waals surface area (Å²) in [6.07, 6.45) is 10.7. The molecule has 0 spiro atoms. The Labute approximate surface area is 215 Å². The van der Waals surface area contributed by atoms with Gasteiger partial charge in [0.1, 0.15) is 11.6 Å². The van der Waals surface area contributed by atoms with Gasteiger partial charge in [-0.25, -0.2) is 4.98 Å². The number of amides is 1. The van der Waals surface area contributed by atoms with Crippen LogP contribution in [-0.4, -0.2) is 41.8 Å². The Bertz CT molecular complexity index is 1090. The highest BCUT2D eigenvalue weighted by atomic mass is 16.5. The van der Waals surface area contributed by atoms with E-state index in [-0.39, 0.29) is 12.0 Å². The molecular formula is C30H41N3O3. The Morgan fingerprint density at radius 3 is 2.67 bits per heavy atom. The number of carbonyl (C=O) groups is 1. The van der Waals surface area contributed by atoms with E-state index in [1.165, 1.54) is 37.7 Å². The molecular weight excluding hydrogens is 450 g/mol. The average Bonchev–Trinajstić information content (AvgIpc) is 3.30. The van der Waals surface area contributed by atoms with E-state index in [0.717, 1.165) is 48.3 Å². The molecule has 1 aromatic heterocycles. The molecule has 1 heterocycles. The Kier molecular flexibility index (Phi) is 9.79. The first kappa shape index (κ1) is 26.2. The summed E-state index contributed by atoms with van der Waals surface area (Å²) in [5.74, 6) is 2.07. The third-order valence-electron chi connectivity index (χ3n) is 7.23. The van der Waals surface area contributed by atoms with Crippen LogP contribution in [-0.2, 0) is 9.53 Å². The summed E-state index contributed by atoms with van der Waals surface area (Å²) in [6, 6.07) is 17.3. The van der Waals surface area contributed by atoms with Crippen LogP contribution in [0.3, 0.4) is 0 Å². The normalized spacial score (nSPS) is 15.2. The molecule has 1 unspecified atom stereocenters. The third kappa shape index (κ3) is 7.10. The lowest BCUT2D eigenvalue weighted by Crippen LogP contribution is -2.26. The molecule has 1 aliphatic carbocycles. The molecule has 1 fully saturated rings. The number of ether oxygens (including phenoxy) is 2. The lowest BCUT2D eigenvalue weighted by atomic mass is 9.95.